The van der Waals surface area contributed by atoms with E-state index in [1.165, 1.54) is 49.7 Å². The number of hydrogen-bond acceptors (Lipinski definition) is 1. The second-order valence-electron chi connectivity index (χ2n) is 6.48. The van der Waals surface area contributed by atoms with Gasteiger partial charge >= 0.3 is 0 Å². The Morgan fingerprint density at radius 3 is 2.10 bits per heavy atom. The molecule has 1 nitrogen and oxygen atoms in total. The third-order valence-corrected chi connectivity index (χ3v) is 4.75. The van der Waals surface area contributed by atoms with Gasteiger partial charge in [-0.1, -0.05) is 64.8 Å². The zero-order valence-corrected chi connectivity index (χ0v) is 14.7. The van der Waals surface area contributed by atoms with Crippen LogP contribution < -0.4 is 5.32 Å². The third kappa shape index (κ3) is 6.22. The van der Waals surface area contributed by atoms with Crippen molar-refractivity contribution in [3.8, 4) is 0 Å². The van der Waals surface area contributed by atoms with Gasteiger partial charge in [0.1, 0.15) is 0 Å². The SMILES string of the molecule is CCCCC(CC)(CNCCC)Cc1ccc(CC)cc1. The number of aryl methyl sites for hydroxylation is 1. The Morgan fingerprint density at radius 2 is 1.57 bits per heavy atom. The van der Waals surface area contributed by atoms with Gasteiger partial charge in [-0.2, -0.15) is 0 Å². The van der Waals surface area contributed by atoms with Crippen LogP contribution in [0.1, 0.15) is 70.9 Å². The Bertz CT molecular complexity index is 368. The van der Waals surface area contributed by atoms with E-state index in [4.69, 9.17) is 0 Å². The maximum Gasteiger partial charge on any atom is 0.00109 e. The molecule has 1 atom stereocenters. The van der Waals surface area contributed by atoms with Crippen molar-refractivity contribution < 1.29 is 0 Å². The maximum absolute atomic E-state index is 3.68. The highest BCUT2D eigenvalue weighted by molar-refractivity contribution is 5.23. The molecule has 0 heterocycles. The van der Waals surface area contributed by atoms with Crippen LogP contribution >= 0.6 is 0 Å². The molecule has 0 aromatic heterocycles. The second kappa shape index (κ2) is 10.00. The minimum atomic E-state index is 0.429. The summed E-state index contributed by atoms with van der Waals surface area (Å²) in [5.41, 5.74) is 3.38. The number of hydrogen-bond donors (Lipinski definition) is 1. The van der Waals surface area contributed by atoms with E-state index in [1.54, 1.807) is 0 Å². The van der Waals surface area contributed by atoms with Gasteiger partial charge in [-0.15, -0.1) is 0 Å². The van der Waals surface area contributed by atoms with Gasteiger partial charge in [0.05, 0.1) is 0 Å². The van der Waals surface area contributed by atoms with Crippen molar-refractivity contribution in [3.05, 3.63) is 35.4 Å². The van der Waals surface area contributed by atoms with Crippen LogP contribution in [0.15, 0.2) is 24.3 Å². The highest BCUT2D eigenvalue weighted by Crippen LogP contribution is 2.32. The third-order valence-electron chi connectivity index (χ3n) is 4.75. The maximum atomic E-state index is 3.68. The lowest BCUT2D eigenvalue weighted by molar-refractivity contribution is 0.229. The van der Waals surface area contributed by atoms with Crippen molar-refractivity contribution in [2.45, 2.75) is 72.6 Å². The van der Waals surface area contributed by atoms with Crippen LogP contribution in [0.25, 0.3) is 0 Å². The van der Waals surface area contributed by atoms with Gasteiger partial charge < -0.3 is 5.32 Å². The van der Waals surface area contributed by atoms with Crippen LogP contribution in [0, 0.1) is 5.41 Å². The Morgan fingerprint density at radius 1 is 0.905 bits per heavy atom. The fraction of sp³-hybridized carbons (Fsp3) is 0.700. The number of rotatable bonds is 11. The first kappa shape index (κ1) is 18.2. The molecule has 0 aliphatic heterocycles. The largest absolute Gasteiger partial charge is 0.316 e. The van der Waals surface area contributed by atoms with Crippen LogP contribution in [0.3, 0.4) is 0 Å². The molecule has 0 fully saturated rings. The quantitative estimate of drug-likeness (QED) is 0.539. The Kier molecular flexibility index (Phi) is 8.68. The zero-order valence-electron chi connectivity index (χ0n) is 14.7. The summed E-state index contributed by atoms with van der Waals surface area (Å²) < 4.78 is 0. The average molecular weight is 290 g/mol. The van der Waals surface area contributed by atoms with Gasteiger partial charge in [0.2, 0.25) is 0 Å². The molecule has 0 aliphatic carbocycles. The fourth-order valence-electron chi connectivity index (χ4n) is 3.07. The first-order chi connectivity index (χ1) is 10.2. The summed E-state index contributed by atoms with van der Waals surface area (Å²) in [6.45, 7) is 11.4. The summed E-state index contributed by atoms with van der Waals surface area (Å²) in [5, 5.41) is 3.68. The van der Waals surface area contributed by atoms with Gasteiger partial charge in [0.15, 0.2) is 0 Å². The topological polar surface area (TPSA) is 12.0 Å². The van der Waals surface area contributed by atoms with Crippen LogP contribution in [0.4, 0.5) is 0 Å². The summed E-state index contributed by atoms with van der Waals surface area (Å²) in [6, 6.07) is 9.29. The molecule has 0 saturated heterocycles. The average Bonchev–Trinajstić information content (AvgIpc) is 2.53. The summed E-state index contributed by atoms with van der Waals surface area (Å²) in [6.07, 6.45) is 8.81. The predicted octanol–water partition coefficient (Wildman–Crippen LogP) is 5.38. The van der Waals surface area contributed by atoms with E-state index in [9.17, 15) is 0 Å². The van der Waals surface area contributed by atoms with Crippen molar-refractivity contribution >= 4 is 0 Å². The molecule has 1 N–H and O–H groups in total. The first-order valence-electron chi connectivity index (χ1n) is 8.98. The second-order valence-corrected chi connectivity index (χ2v) is 6.48. The van der Waals surface area contributed by atoms with E-state index in [1.807, 2.05) is 0 Å². The Hall–Kier alpha value is -0.820. The Labute approximate surface area is 132 Å². The lowest BCUT2D eigenvalue weighted by atomic mass is 9.75. The standard InChI is InChI=1S/C20H35N/c1-5-9-14-20(8-4,17-21-15-6-2)16-19-12-10-18(7-3)11-13-19/h10-13,21H,5-9,14-17H2,1-4H3. The van der Waals surface area contributed by atoms with Gasteiger partial charge in [0, 0.05) is 6.54 Å². The van der Waals surface area contributed by atoms with Crippen LogP contribution in [0.5, 0.6) is 0 Å². The molecular formula is C20H35N. The van der Waals surface area contributed by atoms with E-state index >= 15 is 0 Å². The molecule has 21 heavy (non-hydrogen) atoms. The lowest BCUT2D eigenvalue weighted by Crippen LogP contribution is -2.36. The van der Waals surface area contributed by atoms with Gasteiger partial charge in [-0.05, 0) is 55.2 Å². The normalized spacial score (nSPS) is 14.1. The highest BCUT2D eigenvalue weighted by Gasteiger charge is 2.27. The van der Waals surface area contributed by atoms with Crippen LogP contribution in [-0.4, -0.2) is 13.1 Å². The summed E-state index contributed by atoms with van der Waals surface area (Å²) in [7, 11) is 0. The van der Waals surface area contributed by atoms with E-state index in [0.717, 1.165) is 19.5 Å². The summed E-state index contributed by atoms with van der Waals surface area (Å²) >= 11 is 0. The minimum absolute atomic E-state index is 0.429. The first-order valence-corrected chi connectivity index (χ1v) is 8.98. The van der Waals surface area contributed by atoms with Crippen molar-refractivity contribution in [3.63, 3.8) is 0 Å². The molecule has 1 aromatic rings. The summed E-state index contributed by atoms with van der Waals surface area (Å²) in [4.78, 5) is 0. The number of nitrogens with one attached hydrogen (secondary N) is 1. The van der Waals surface area contributed by atoms with Crippen molar-refractivity contribution in [1.82, 2.24) is 5.32 Å². The van der Waals surface area contributed by atoms with Crippen molar-refractivity contribution in [1.29, 1.82) is 0 Å². The fourth-order valence-corrected chi connectivity index (χ4v) is 3.07. The van der Waals surface area contributed by atoms with Crippen molar-refractivity contribution in [2.24, 2.45) is 5.41 Å². The monoisotopic (exact) mass is 289 g/mol. The zero-order chi connectivity index (χ0) is 15.6. The molecule has 0 aliphatic rings. The minimum Gasteiger partial charge on any atom is -0.316 e. The molecule has 1 heteroatoms. The van der Waals surface area contributed by atoms with E-state index < -0.39 is 0 Å². The molecule has 1 aromatic carbocycles. The molecule has 1 rings (SSSR count). The van der Waals surface area contributed by atoms with E-state index in [0.29, 0.717) is 5.41 Å². The molecule has 0 radical (unpaired) electrons. The van der Waals surface area contributed by atoms with Crippen LogP contribution in [-0.2, 0) is 12.8 Å². The molecule has 0 spiro atoms. The predicted molar refractivity (Wildman–Crippen MR) is 94.9 cm³/mol. The molecule has 0 bridgehead atoms. The molecule has 0 amide bonds. The molecule has 1 unspecified atom stereocenters. The summed E-state index contributed by atoms with van der Waals surface area (Å²) in [5.74, 6) is 0. The van der Waals surface area contributed by atoms with Gasteiger partial charge in [-0.25, -0.2) is 0 Å². The van der Waals surface area contributed by atoms with Crippen molar-refractivity contribution in [2.75, 3.05) is 13.1 Å². The highest BCUT2D eigenvalue weighted by atomic mass is 14.9. The molecule has 0 saturated carbocycles. The molecular weight excluding hydrogens is 254 g/mol. The lowest BCUT2D eigenvalue weighted by Gasteiger charge is -2.34. The number of unbranched alkanes of at least 4 members (excludes halogenated alkanes) is 1. The van der Waals surface area contributed by atoms with E-state index in [-0.39, 0.29) is 0 Å². The van der Waals surface area contributed by atoms with Gasteiger partial charge in [0.25, 0.3) is 0 Å². The molecule has 120 valence electrons. The van der Waals surface area contributed by atoms with E-state index in [2.05, 4.69) is 57.3 Å². The van der Waals surface area contributed by atoms with Crippen LogP contribution in [0.2, 0.25) is 0 Å². The smallest absolute Gasteiger partial charge is 0.00109 e. The Balaban J connectivity index is 2.76. The number of benzene rings is 1. The van der Waals surface area contributed by atoms with Gasteiger partial charge in [-0.3, -0.25) is 0 Å².